The van der Waals surface area contributed by atoms with E-state index in [0.29, 0.717) is 58.9 Å². The molecule has 246 valence electrons. The lowest BCUT2D eigenvalue weighted by atomic mass is 9.76. The lowest BCUT2D eigenvalue weighted by Gasteiger charge is -2.60. The maximum Gasteiger partial charge on any atom is 0.339 e. The molecule has 2 aliphatic heterocycles. The lowest BCUT2D eigenvalue weighted by Crippen LogP contribution is -2.69. The van der Waals surface area contributed by atoms with Gasteiger partial charge in [0.05, 0.1) is 65.9 Å². The molecular weight excluding hydrogens is 550 g/mol. The largest absolute Gasteiger partial charge is 0.454 e. The molecule has 0 saturated carbocycles. The first kappa shape index (κ1) is 36.8. The quantitative estimate of drug-likeness (QED) is 0.0869. The second-order valence-corrected chi connectivity index (χ2v) is 12.3. The van der Waals surface area contributed by atoms with Crippen LogP contribution < -0.4 is 0 Å². The van der Waals surface area contributed by atoms with Crippen LogP contribution in [0, 0.1) is 0 Å². The van der Waals surface area contributed by atoms with Crippen LogP contribution in [0.25, 0.3) is 0 Å². The van der Waals surface area contributed by atoms with Crippen molar-refractivity contribution >= 4 is 11.9 Å². The Bertz CT molecular complexity index is 776. The number of unbranched alkanes of at least 4 members (excludes halogenated alkanes) is 1. The standard InChI is InChI=1S/C30H55NO11/c1-8-10-12-34-14-16-36-18-19-37-17-15-35-13-11-26(33)41-29(9-2)22-38-30(39-23-29)20-27(4,5)31(28(6,7)21-30)24-40-42-25(3)32/h8-24H2,1-7H3. The van der Waals surface area contributed by atoms with Crippen molar-refractivity contribution in [3.05, 3.63) is 0 Å². The number of esters is 1. The number of likely N-dealkylation sites (tertiary alicyclic amines) is 1. The molecule has 2 rings (SSSR count). The van der Waals surface area contributed by atoms with Gasteiger partial charge in [0.1, 0.15) is 6.73 Å². The second-order valence-electron chi connectivity index (χ2n) is 12.3. The van der Waals surface area contributed by atoms with Gasteiger partial charge in [0, 0.05) is 37.5 Å². The topological polar surface area (TPSA) is 120 Å². The summed E-state index contributed by atoms with van der Waals surface area (Å²) in [5, 5.41) is 0. The molecule has 2 aliphatic rings. The first-order valence-corrected chi connectivity index (χ1v) is 15.3. The second kappa shape index (κ2) is 17.8. The Morgan fingerprint density at radius 3 is 1.74 bits per heavy atom. The monoisotopic (exact) mass is 605 g/mol. The number of rotatable bonds is 20. The van der Waals surface area contributed by atoms with Gasteiger partial charge in [-0.05, 0) is 40.5 Å². The average molecular weight is 606 g/mol. The molecule has 0 aromatic heterocycles. The maximum atomic E-state index is 12.6. The Hall–Kier alpha value is -1.38. The van der Waals surface area contributed by atoms with Crippen molar-refractivity contribution in [2.75, 3.05) is 72.8 Å². The summed E-state index contributed by atoms with van der Waals surface area (Å²) in [6, 6.07) is 0. The van der Waals surface area contributed by atoms with Gasteiger partial charge in [0.25, 0.3) is 0 Å². The molecule has 0 N–H and O–H groups in total. The van der Waals surface area contributed by atoms with Crippen molar-refractivity contribution in [2.24, 2.45) is 0 Å². The number of nitrogens with zero attached hydrogens (tertiary/aromatic N) is 1. The van der Waals surface area contributed by atoms with Crippen LogP contribution in [-0.2, 0) is 52.5 Å². The zero-order valence-corrected chi connectivity index (χ0v) is 27.0. The number of hydrogen-bond acceptors (Lipinski definition) is 12. The predicted molar refractivity (Wildman–Crippen MR) is 153 cm³/mol. The van der Waals surface area contributed by atoms with Gasteiger partial charge in [0.15, 0.2) is 11.4 Å². The van der Waals surface area contributed by atoms with E-state index < -0.39 is 17.4 Å². The van der Waals surface area contributed by atoms with Crippen LogP contribution in [0.2, 0.25) is 0 Å². The van der Waals surface area contributed by atoms with Crippen LogP contribution in [-0.4, -0.2) is 112 Å². The highest BCUT2D eigenvalue weighted by atomic mass is 17.2. The molecule has 12 nitrogen and oxygen atoms in total. The molecule has 0 amide bonds. The van der Waals surface area contributed by atoms with Crippen LogP contribution in [0.15, 0.2) is 0 Å². The van der Waals surface area contributed by atoms with E-state index >= 15 is 0 Å². The van der Waals surface area contributed by atoms with Gasteiger partial charge < -0.3 is 33.2 Å². The summed E-state index contributed by atoms with van der Waals surface area (Å²) in [6.45, 7) is 18.3. The summed E-state index contributed by atoms with van der Waals surface area (Å²) in [7, 11) is 0. The van der Waals surface area contributed by atoms with E-state index in [-0.39, 0.29) is 50.0 Å². The normalized spacial score (nSPS) is 20.8. The zero-order valence-electron chi connectivity index (χ0n) is 27.0. The van der Waals surface area contributed by atoms with E-state index in [1.807, 2.05) is 6.92 Å². The molecule has 0 unspecified atom stereocenters. The Labute approximate surface area is 251 Å². The SMILES string of the molecule is CCCCOCCOCCOCCOCCC(=O)OC1(CC)COC2(CC(C)(C)N(COOC(C)=O)C(C)(C)C2)OC1. The first-order valence-electron chi connectivity index (χ1n) is 15.3. The fraction of sp³-hybridized carbons (Fsp3) is 0.933. The van der Waals surface area contributed by atoms with Crippen LogP contribution in [0.1, 0.15) is 87.0 Å². The highest BCUT2D eigenvalue weighted by molar-refractivity contribution is 5.70. The lowest BCUT2D eigenvalue weighted by molar-refractivity contribution is -0.367. The van der Waals surface area contributed by atoms with Gasteiger partial charge in [-0.15, -0.1) is 0 Å². The smallest absolute Gasteiger partial charge is 0.339 e. The Kier molecular flexibility index (Phi) is 15.6. The van der Waals surface area contributed by atoms with Crippen LogP contribution >= 0.6 is 0 Å². The van der Waals surface area contributed by atoms with E-state index in [1.165, 1.54) is 6.92 Å². The summed E-state index contributed by atoms with van der Waals surface area (Å²) in [4.78, 5) is 35.8. The van der Waals surface area contributed by atoms with Crippen LogP contribution in [0.3, 0.4) is 0 Å². The molecule has 0 aliphatic carbocycles. The van der Waals surface area contributed by atoms with Crippen molar-refractivity contribution in [1.82, 2.24) is 4.90 Å². The Morgan fingerprint density at radius 2 is 1.26 bits per heavy atom. The van der Waals surface area contributed by atoms with E-state index in [1.54, 1.807) is 0 Å². The van der Waals surface area contributed by atoms with Crippen LogP contribution in [0.5, 0.6) is 0 Å². The molecule has 12 heteroatoms. The summed E-state index contributed by atoms with van der Waals surface area (Å²) in [6.07, 6.45) is 4.02. The summed E-state index contributed by atoms with van der Waals surface area (Å²) < 4.78 is 40.6. The molecule has 2 fully saturated rings. The molecule has 0 bridgehead atoms. The molecule has 42 heavy (non-hydrogen) atoms. The van der Waals surface area contributed by atoms with Gasteiger partial charge in [-0.2, -0.15) is 4.89 Å². The van der Waals surface area contributed by atoms with Gasteiger partial charge in [0.2, 0.25) is 0 Å². The van der Waals surface area contributed by atoms with Crippen molar-refractivity contribution in [3.8, 4) is 0 Å². The fourth-order valence-electron chi connectivity index (χ4n) is 5.51. The zero-order chi connectivity index (χ0) is 31.1. The molecule has 2 saturated heterocycles. The molecule has 0 radical (unpaired) electrons. The molecule has 0 atom stereocenters. The highest BCUT2D eigenvalue weighted by Gasteiger charge is 2.57. The summed E-state index contributed by atoms with van der Waals surface area (Å²) in [5.74, 6) is -1.68. The number of carbonyl (C=O) groups is 2. The van der Waals surface area contributed by atoms with Gasteiger partial charge >= 0.3 is 11.9 Å². The minimum atomic E-state index is -0.851. The van der Waals surface area contributed by atoms with Gasteiger partial charge in [-0.3, -0.25) is 14.6 Å². The predicted octanol–water partition coefficient (Wildman–Crippen LogP) is 3.78. The highest BCUT2D eigenvalue weighted by Crippen LogP contribution is 2.48. The number of carbonyl (C=O) groups excluding carboxylic acids is 2. The third-order valence-electron chi connectivity index (χ3n) is 7.60. The van der Waals surface area contributed by atoms with Gasteiger partial charge in [-0.25, -0.2) is 4.79 Å². The Balaban J connectivity index is 1.66. The number of ether oxygens (including phenoxy) is 7. The molecule has 1 spiro atoms. The summed E-state index contributed by atoms with van der Waals surface area (Å²) in [5.41, 5.74) is -1.63. The third kappa shape index (κ3) is 12.3. The fourth-order valence-corrected chi connectivity index (χ4v) is 5.51. The van der Waals surface area contributed by atoms with E-state index in [9.17, 15) is 9.59 Å². The van der Waals surface area contributed by atoms with Crippen molar-refractivity contribution < 1.29 is 52.5 Å². The number of piperidine rings is 1. The van der Waals surface area contributed by atoms with Crippen molar-refractivity contribution in [3.63, 3.8) is 0 Å². The van der Waals surface area contributed by atoms with Crippen LogP contribution in [0.4, 0.5) is 0 Å². The van der Waals surface area contributed by atoms with E-state index in [4.69, 9.17) is 42.9 Å². The Morgan fingerprint density at radius 1 is 0.762 bits per heavy atom. The van der Waals surface area contributed by atoms with E-state index in [0.717, 1.165) is 19.4 Å². The minimum absolute atomic E-state index is 0.129. The molecular formula is C30H55NO11. The molecule has 2 heterocycles. The maximum absolute atomic E-state index is 12.6. The molecule has 0 aromatic rings. The first-order chi connectivity index (χ1) is 19.9. The third-order valence-corrected chi connectivity index (χ3v) is 7.60. The molecule has 0 aromatic carbocycles. The van der Waals surface area contributed by atoms with E-state index in [2.05, 4.69) is 39.5 Å². The average Bonchev–Trinajstić information content (AvgIpc) is 2.91. The van der Waals surface area contributed by atoms with Crippen molar-refractivity contribution in [1.29, 1.82) is 0 Å². The number of hydrogen-bond donors (Lipinski definition) is 0. The van der Waals surface area contributed by atoms with Crippen molar-refractivity contribution in [2.45, 2.75) is 109 Å². The summed E-state index contributed by atoms with van der Waals surface area (Å²) >= 11 is 0. The van der Waals surface area contributed by atoms with Gasteiger partial charge in [-0.1, -0.05) is 20.3 Å². The minimum Gasteiger partial charge on any atom is -0.454 e.